The number of nitrogens with one attached hydrogen (secondary N) is 1. The summed E-state index contributed by atoms with van der Waals surface area (Å²) in [5.41, 5.74) is 1.70. The first-order valence-corrected chi connectivity index (χ1v) is 12.0. The van der Waals surface area contributed by atoms with Gasteiger partial charge in [0, 0.05) is 44.1 Å². The lowest BCUT2D eigenvalue weighted by Gasteiger charge is -2.38. The molecular weight excluding hydrogens is 434 g/mol. The van der Waals surface area contributed by atoms with Crippen molar-refractivity contribution in [1.82, 2.24) is 19.0 Å². The highest BCUT2D eigenvalue weighted by Crippen LogP contribution is 2.43. The fourth-order valence-corrected chi connectivity index (χ4v) is 6.23. The van der Waals surface area contributed by atoms with Gasteiger partial charge in [0.15, 0.2) is 11.4 Å². The molecule has 1 N–H and O–H groups in total. The van der Waals surface area contributed by atoms with Crippen LogP contribution < -0.4 is 15.0 Å². The first-order chi connectivity index (χ1) is 15.4. The number of aryl methyl sites for hydroxylation is 1. The first-order valence-electron chi connectivity index (χ1n) is 11.2. The Morgan fingerprint density at radius 1 is 1.25 bits per heavy atom. The summed E-state index contributed by atoms with van der Waals surface area (Å²) in [6.45, 7) is 4.36. The Kier molecular flexibility index (Phi) is 4.74. The number of piperidine rings is 1. The van der Waals surface area contributed by atoms with Crippen LogP contribution in [0.15, 0.2) is 24.4 Å². The third-order valence-corrected chi connectivity index (χ3v) is 7.97. The van der Waals surface area contributed by atoms with E-state index in [1.807, 2.05) is 25.3 Å². The van der Waals surface area contributed by atoms with Crippen LogP contribution in [0.5, 0.6) is 5.75 Å². The molecule has 10 heteroatoms. The van der Waals surface area contributed by atoms with Gasteiger partial charge in [-0.2, -0.15) is 9.36 Å². The molecule has 2 saturated carbocycles. The fourth-order valence-electron chi connectivity index (χ4n) is 5.45. The average Bonchev–Trinajstić information content (AvgIpc) is 3.41. The normalized spacial score (nSPS) is 27.0. The molecule has 3 atom stereocenters. The van der Waals surface area contributed by atoms with Crippen molar-refractivity contribution < 1.29 is 13.5 Å². The van der Waals surface area contributed by atoms with Crippen molar-refractivity contribution in [3.8, 4) is 5.75 Å². The molecule has 0 aromatic carbocycles. The van der Waals surface area contributed by atoms with E-state index >= 15 is 0 Å². The van der Waals surface area contributed by atoms with Crippen molar-refractivity contribution in [1.29, 1.82) is 0 Å². The first kappa shape index (κ1) is 20.1. The summed E-state index contributed by atoms with van der Waals surface area (Å²) in [5, 5.41) is 9.46. The van der Waals surface area contributed by atoms with Crippen LogP contribution in [-0.4, -0.2) is 50.6 Å². The van der Waals surface area contributed by atoms with Crippen LogP contribution in [0.2, 0.25) is 0 Å². The summed E-state index contributed by atoms with van der Waals surface area (Å²) in [6.07, 6.45) is 4.03. The number of halogens is 2. The number of nitrogens with zero attached hydrogens (tertiary/aromatic N) is 5. The van der Waals surface area contributed by atoms with Gasteiger partial charge in [-0.25, -0.2) is 13.3 Å². The van der Waals surface area contributed by atoms with Crippen LogP contribution in [0.1, 0.15) is 31.4 Å². The van der Waals surface area contributed by atoms with Gasteiger partial charge in [-0.3, -0.25) is 0 Å². The van der Waals surface area contributed by atoms with Crippen LogP contribution in [-0.2, 0) is 0 Å². The lowest BCUT2D eigenvalue weighted by molar-refractivity contribution is -0.119. The minimum Gasteiger partial charge on any atom is -0.489 e. The van der Waals surface area contributed by atoms with Crippen molar-refractivity contribution >= 4 is 28.1 Å². The van der Waals surface area contributed by atoms with Gasteiger partial charge in [0.05, 0.1) is 12.3 Å². The largest absolute Gasteiger partial charge is 0.489 e. The Morgan fingerprint density at radius 2 is 2.03 bits per heavy atom. The molecule has 0 amide bonds. The van der Waals surface area contributed by atoms with E-state index in [-0.39, 0.29) is 25.4 Å². The van der Waals surface area contributed by atoms with Crippen molar-refractivity contribution in [2.45, 2.75) is 44.6 Å². The maximum Gasteiger partial charge on any atom is 0.248 e. The Bertz CT molecular complexity index is 1110. The number of alkyl halides is 2. The number of ether oxygens (including phenoxy) is 1. The Balaban J connectivity index is 1.14. The van der Waals surface area contributed by atoms with E-state index in [9.17, 15) is 8.78 Å². The molecule has 1 unspecified atom stereocenters. The molecule has 2 bridgehead atoms. The molecule has 7 nitrogen and oxygen atoms in total. The Morgan fingerprint density at radius 3 is 2.72 bits per heavy atom. The Hall–Kier alpha value is -2.49. The van der Waals surface area contributed by atoms with Gasteiger partial charge < -0.3 is 15.0 Å². The highest BCUT2D eigenvalue weighted by atomic mass is 32.1. The van der Waals surface area contributed by atoms with Crippen LogP contribution >= 0.6 is 11.5 Å². The Labute approximate surface area is 188 Å². The van der Waals surface area contributed by atoms with Crippen LogP contribution in [0.3, 0.4) is 0 Å². The molecule has 2 aliphatic carbocycles. The number of pyridine rings is 1. The fraction of sp³-hybridized carbons (Fsp3) is 0.591. The topological polar surface area (TPSA) is 67.6 Å². The minimum absolute atomic E-state index is 0.0990. The highest BCUT2D eigenvalue weighted by Gasteiger charge is 2.45. The molecule has 3 fully saturated rings. The van der Waals surface area contributed by atoms with Crippen molar-refractivity contribution in [3.63, 3.8) is 0 Å². The zero-order valence-corrected chi connectivity index (χ0v) is 18.7. The maximum absolute atomic E-state index is 13.1. The second kappa shape index (κ2) is 7.54. The molecule has 1 saturated heterocycles. The minimum atomic E-state index is -2.53. The molecule has 6 rings (SSSR count). The second-order valence-electron chi connectivity index (χ2n) is 9.50. The van der Waals surface area contributed by atoms with E-state index in [1.165, 1.54) is 17.8 Å². The third-order valence-electron chi connectivity index (χ3n) is 7.03. The van der Waals surface area contributed by atoms with Gasteiger partial charge in [-0.05, 0) is 61.3 Å². The van der Waals surface area contributed by atoms with E-state index in [4.69, 9.17) is 4.74 Å². The molecule has 0 spiro atoms. The van der Waals surface area contributed by atoms with Gasteiger partial charge in [-0.1, -0.05) is 0 Å². The standard InChI is InChI=1S/C22H26F2N6OS/c1-13-7-18(32-28-13)29-10-15-4-5-16(11-29)19(15)25-21-26-20-17(3-2-6-30(20)27-21)31-12-14-8-22(23,24)9-14/h2-3,6-7,14-16,19H,4-5,8-12H2,1H3,(H,25,27)/t15-,16+,19?. The lowest BCUT2D eigenvalue weighted by Crippen LogP contribution is -2.48. The SMILES string of the molecule is Cc1cc(N2C[C@H]3CC[C@@H](C2)C3Nc2nc3c(OCC4CC(F)(F)C4)cccn3n2)sn1. The van der Waals surface area contributed by atoms with E-state index in [2.05, 4.69) is 30.7 Å². The molecular formula is C22H26F2N6OS. The zero-order valence-electron chi connectivity index (χ0n) is 17.9. The van der Waals surface area contributed by atoms with Crippen molar-refractivity contribution in [2.75, 3.05) is 29.9 Å². The summed E-state index contributed by atoms with van der Waals surface area (Å²) < 4.78 is 38.2. The molecule has 3 aromatic heterocycles. The average molecular weight is 461 g/mol. The van der Waals surface area contributed by atoms with E-state index in [0.717, 1.165) is 18.8 Å². The highest BCUT2D eigenvalue weighted by molar-refractivity contribution is 7.10. The summed E-state index contributed by atoms with van der Waals surface area (Å²) in [7, 11) is 0. The molecule has 4 heterocycles. The van der Waals surface area contributed by atoms with E-state index < -0.39 is 5.92 Å². The summed E-state index contributed by atoms with van der Waals surface area (Å²) in [6, 6.07) is 6.19. The van der Waals surface area contributed by atoms with Crippen LogP contribution in [0, 0.1) is 24.7 Å². The molecule has 0 radical (unpaired) electrons. The van der Waals surface area contributed by atoms with E-state index in [1.54, 1.807) is 16.0 Å². The molecule has 3 aliphatic rings. The monoisotopic (exact) mass is 460 g/mol. The summed E-state index contributed by atoms with van der Waals surface area (Å²) >= 11 is 1.58. The summed E-state index contributed by atoms with van der Waals surface area (Å²) in [4.78, 5) is 7.15. The predicted molar refractivity (Wildman–Crippen MR) is 119 cm³/mol. The number of hydrogen-bond donors (Lipinski definition) is 1. The maximum atomic E-state index is 13.1. The van der Waals surface area contributed by atoms with Gasteiger partial charge in [0.2, 0.25) is 11.9 Å². The third kappa shape index (κ3) is 3.68. The van der Waals surface area contributed by atoms with Crippen LogP contribution in [0.25, 0.3) is 5.65 Å². The van der Waals surface area contributed by atoms with Gasteiger partial charge in [0.1, 0.15) is 5.00 Å². The number of anilines is 2. The number of fused-ring (bicyclic) bond motifs is 3. The van der Waals surface area contributed by atoms with Crippen molar-refractivity contribution in [3.05, 3.63) is 30.1 Å². The number of rotatable bonds is 6. The molecule has 32 heavy (non-hydrogen) atoms. The smallest absolute Gasteiger partial charge is 0.248 e. The van der Waals surface area contributed by atoms with Crippen LogP contribution in [0.4, 0.5) is 19.7 Å². The zero-order chi connectivity index (χ0) is 21.9. The molecule has 170 valence electrons. The molecule has 1 aliphatic heterocycles. The predicted octanol–water partition coefficient (Wildman–Crippen LogP) is 4.25. The quantitative estimate of drug-likeness (QED) is 0.593. The lowest BCUT2D eigenvalue weighted by atomic mass is 9.82. The van der Waals surface area contributed by atoms with Gasteiger partial charge >= 0.3 is 0 Å². The van der Waals surface area contributed by atoms with E-state index in [0.29, 0.717) is 35.2 Å². The summed E-state index contributed by atoms with van der Waals surface area (Å²) in [5.74, 6) is -0.368. The van der Waals surface area contributed by atoms with Crippen molar-refractivity contribution in [2.24, 2.45) is 17.8 Å². The molecule has 3 aromatic rings. The number of aromatic nitrogens is 4. The van der Waals surface area contributed by atoms with Gasteiger partial charge in [0.25, 0.3) is 0 Å². The van der Waals surface area contributed by atoms with Gasteiger partial charge in [-0.15, -0.1) is 5.10 Å². The number of hydrogen-bond acceptors (Lipinski definition) is 7. The second-order valence-corrected chi connectivity index (χ2v) is 10.3.